The van der Waals surface area contributed by atoms with Crippen LogP contribution in [0.25, 0.3) is 0 Å². The van der Waals surface area contributed by atoms with Gasteiger partial charge in [0.05, 0.1) is 0 Å². The molecule has 1 amide bonds. The van der Waals surface area contributed by atoms with E-state index in [0.29, 0.717) is 11.6 Å². The van der Waals surface area contributed by atoms with Crippen molar-refractivity contribution in [1.29, 1.82) is 0 Å². The van der Waals surface area contributed by atoms with Crippen LogP contribution in [0.15, 0.2) is 24.3 Å². The molecule has 1 aliphatic heterocycles. The van der Waals surface area contributed by atoms with Crippen molar-refractivity contribution in [2.24, 2.45) is 5.92 Å². The average Bonchev–Trinajstić information content (AvgIpc) is 2.37. The normalized spacial score (nSPS) is 23.7. The second-order valence-corrected chi connectivity index (χ2v) is 4.89. The summed E-state index contributed by atoms with van der Waals surface area (Å²) >= 11 is 0. The van der Waals surface area contributed by atoms with Crippen LogP contribution in [-0.2, 0) is 11.3 Å². The number of carbonyl (C=O) groups is 1. The Morgan fingerprint density at radius 2 is 2.28 bits per heavy atom. The molecule has 0 bridgehead atoms. The molecular formula is C14H19FN2O. The van der Waals surface area contributed by atoms with Crippen molar-refractivity contribution < 1.29 is 9.18 Å². The molecule has 1 fully saturated rings. The van der Waals surface area contributed by atoms with E-state index in [2.05, 4.69) is 17.6 Å². The lowest BCUT2D eigenvalue weighted by atomic mass is 9.92. The van der Waals surface area contributed by atoms with E-state index < -0.39 is 0 Å². The van der Waals surface area contributed by atoms with Gasteiger partial charge in [-0.3, -0.25) is 4.79 Å². The van der Waals surface area contributed by atoms with Crippen LogP contribution in [0.2, 0.25) is 0 Å². The van der Waals surface area contributed by atoms with E-state index in [1.54, 1.807) is 18.2 Å². The van der Waals surface area contributed by atoms with Crippen molar-refractivity contribution in [2.75, 3.05) is 6.54 Å². The van der Waals surface area contributed by atoms with Gasteiger partial charge in [0.2, 0.25) is 5.91 Å². The fourth-order valence-electron chi connectivity index (χ4n) is 2.34. The molecular weight excluding hydrogens is 231 g/mol. The largest absolute Gasteiger partial charge is 0.352 e. The van der Waals surface area contributed by atoms with Crippen LogP contribution in [0.3, 0.4) is 0 Å². The highest BCUT2D eigenvalue weighted by molar-refractivity contribution is 5.78. The minimum atomic E-state index is -0.267. The molecule has 0 unspecified atom stereocenters. The summed E-state index contributed by atoms with van der Waals surface area (Å²) in [5, 5.41) is 6.13. The average molecular weight is 250 g/mol. The quantitative estimate of drug-likeness (QED) is 0.859. The lowest BCUT2D eigenvalue weighted by Crippen LogP contribution is -2.42. The molecule has 4 heteroatoms. The van der Waals surface area contributed by atoms with Crippen molar-refractivity contribution in [3.8, 4) is 0 Å². The van der Waals surface area contributed by atoms with E-state index in [4.69, 9.17) is 0 Å². The Kier molecular flexibility index (Phi) is 4.31. The second kappa shape index (κ2) is 5.96. The number of amides is 1. The van der Waals surface area contributed by atoms with Crippen LogP contribution < -0.4 is 10.6 Å². The Hall–Kier alpha value is -1.42. The number of halogens is 1. The maximum atomic E-state index is 13.4. The predicted molar refractivity (Wildman–Crippen MR) is 68.4 cm³/mol. The summed E-state index contributed by atoms with van der Waals surface area (Å²) in [5.41, 5.74) is 0.535. The number of carbonyl (C=O) groups excluding carboxylic acids is 1. The molecule has 18 heavy (non-hydrogen) atoms. The summed E-state index contributed by atoms with van der Waals surface area (Å²) in [4.78, 5) is 12.0. The van der Waals surface area contributed by atoms with Crippen LogP contribution in [-0.4, -0.2) is 18.5 Å². The molecule has 0 spiro atoms. The second-order valence-electron chi connectivity index (χ2n) is 4.89. The van der Waals surface area contributed by atoms with Gasteiger partial charge < -0.3 is 10.6 Å². The molecule has 98 valence electrons. The van der Waals surface area contributed by atoms with Gasteiger partial charge in [-0.15, -0.1) is 0 Å². The van der Waals surface area contributed by atoms with E-state index in [1.165, 1.54) is 6.07 Å². The molecule has 1 aliphatic rings. The zero-order valence-corrected chi connectivity index (χ0v) is 10.6. The van der Waals surface area contributed by atoms with Gasteiger partial charge in [-0.25, -0.2) is 4.39 Å². The van der Waals surface area contributed by atoms with Crippen LogP contribution in [0.5, 0.6) is 0 Å². The molecule has 2 atom stereocenters. The zero-order chi connectivity index (χ0) is 13.0. The molecule has 0 aliphatic carbocycles. The number of nitrogens with one attached hydrogen (secondary N) is 2. The van der Waals surface area contributed by atoms with Crippen LogP contribution >= 0.6 is 0 Å². The van der Waals surface area contributed by atoms with E-state index in [1.807, 2.05) is 0 Å². The van der Waals surface area contributed by atoms with Crippen LogP contribution in [0.4, 0.5) is 4.39 Å². The van der Waals surface area contributed by atoms with Gasteiger partial charge in [0.15, 0.2) is 0 Å². The fourth-order valence-corrected chi connectivity index (χ4v) is 2.34. The third-order valence-corrected chi connectivity index (χ3v) is 3.41. The van der Waals surface area contributed by atoms with E-state index >= 15 is 0 Å². The molecule has 0 aromatic heterocycles. The van der Waals surface area contributed by atoms with Gasteiger partial charge >= 0.3 is 0 Å². The van der Waals surface area contributed by atoms with Gasteiger partial charge in [0.1, 0.15) is 5.82 Å². The van der Waals surface area contributed by atoms with Gasteiger partial charge in [0, 0.05) is 24.1 Å². The molecule has 0 saturated carbocycles. The number of benzene rings is 1. The van der Waals surface area contributed by atoms with Gasteiger partial charge in [0.25, 0.3) is 0 Å². The first-order valence-corrected chi connectivity index (χ1v) is 6.41. The first-order chi connectivity index (χ1) is 8.66. The highest BCUT2D eigenvalue weighted by atomic mass is 19.1. The molecule has 1 aromatic carbocycles. The number of hydrogen-bond acceptors (Lipinski definition) is 2. The Morgan fingerprint density at radius 3 is 3.00 bits per heavy atom. The maximum absolute atomic E-state index is 13.4. The predicted octanol–water partition coefficient (Wildman–Crippen LogP) is 1.83. The monoisotopic (exact) mass is 250 g/mol. The van der Waals surface area contributed by atoms with Crippen molar-refractivity contribution in [2.45, 2.75) is 32.4 Å². The van der Waals surface area contributed by atoms with Crippen LogP contribution in [0.1, 0.15) is 25.3 Å². The van der Waals surface area contributed by atoms with Crippen molar-refractivity contribution in [1.82, 2.24) is 10.6 Å². The zero-order valence-electron chi connectivity index (χ0n) is 10.6. The number of hydrogen-bond donors (Lipinski definition) is 2. The molecule has 3 nitrogen and oxygen atoms in total. The molecule has 1 heterocycles. The summed E-state index contributed by atoms with van der Waals surface area (Å²) in [7, 11) is 0. The van der Waals surface area contributed by atoms with E-state index in [-0.39, 0.29) is 24.2 Å². The summed E-state index contributed by atoms with van der Waals surface area (Å²) in [6, 6.07) is 6.91. The minimum Gasteiger partial charge on any atom is -0.352 e. The number of rotatable bonds is 3. The van der Waals surface area contributed by atoms with Gasteiger partial charge in [-0.05, 0) is 32.4 Å². The third-order valence-electron chi connectivity index (χ3n) is 3.41. The number of piperidine rings is 1. The molecule has 2 N–H and O–H groups in total. The van der Waals surface area contributed by atoms with E-state index in [0.717, 1.165) is 19.4 Å². The van der Waals surface area contributed by atoms with Crippen LogP contribution in [0, 0.1) is 11.7 Å². The minimum absolute atomic E-state index is 0.0339. The Bertz CT molecular complexity index is 422. The lowest BCUT2D eigenvalue weighted by Gasteiger charge is -2.27. The summed E-state index contributed by atoms with van der Waals surface area (Å²) in [6.07, 6.45) is 1.70. The van der Waals surface area contributed by atoms with Crippen molar-refractivity contribution in [3.05, 3.63) is 35.6 Å². The lowest BCUT2D eigenvalue weighted by molar-refractivity contribution is -0.126. The van der Waals surface area contributed by atoms with E-state index in [9.17, 15) is 9.18 Å². The topological polar surface area (TPSA) is 41.1 Å². The van der Waals surface area contributed by atoms with Gasteiger partial charge in [-0.2, -0.15) is 0 Å². The Balaban J connectivity index is 1.86. The molecule has 1 saturated heterocycles. The standard InChI is InChI=1S/C14H19FN2O/c1-10-8-11(6-7-16-10)14(18)17-9-12-4-2-3-5-13(12)15/h2-5,10-11,16H,6-9H2,1H3,(H,17,18)/t10-,11-/m0/s1. The summed E-state index contributed by atoms with van der Waals surface area (Å²) in [5.74, 6) is -0.184. The smallest absolute Gasteiger partial charge is 0.223 e. The Morgan fingerprint density at radius 1 is 1.50 bits per heavy atom. The highest BCUT2D eigenvalue weighted by Gasteiger charge is 2.24. The highest BCUT2D eigenvalue weighted by Crippen LogP contribution is 2.16. The molecule has 2 rings (SSSR count). The first kappa shape index (κ1) is 13.0. The molecule has 1 aromatic rings. The fraction of sp³-hybridized carbons (Fsp3) is 0.500. The first-order valence-electron chi connectivity index (χ1n) is 6.41. The third kappa shape index (κ3) is 3.29. The maximum Gasteiger partial charge on any atom is 0.223 e. The van der Waals surface area contributed by atoms with Gasteiger partial charge in [-0.1, -0.05) is 18.2 Å². The van der Waals surface area contributed by atoms with Crippen molar-refractivity contribution >= 4 is 5.91 Å². The summed E-state index contributed by atoms with van der Waals surface area (Å²) < 4.78 is 13.4. The van der Waals surface area contributed by atoms with Crippen molar-refractivity contribution in [3.63, 3.8) is 0 Å². The Labute approximate surface area is 107 Å². The summed E-state index contributed by atoms with van der Waals surface area (Å²) in [6.45, 7) is 3.22. The molecule has 0 radical (unpaired) electrons. The SMILES string of the molecule is C[C@H]1C[C@@H](C(=O)NCc2ccccc2F)CCN1.